The zero-order valence-corrected chi connectivity index (χ0v) is 14.9. The van der Waals surface area contributed by atoms with Gasteiger partial charge in [-0.25, -0.2) is 0 Å². The van der Waals surface area contributed by atoms with E-state index in [2.05, 4.69) is 23.6 Å². The highest BCUT2D eigenvalue weighted by atomic mass is 16.5. The molecular weight excluding hydrogens is 276 g/mol. The maximum absolute atomic E-state index is 10.9. The number of β-amino-alcohol motifs (C(OH)–C–C–N with tert-alkyl or cyclic N) is 1. The Balaban J connectivity index is 1.85. The number of rotatable bonds is 7. The van der Waals surface area contributed by atoms with Gasteiger partial charge in [-0.1, -0.05) is 20.3 Å². The molecule has 0 aromatic rings. The monoisotopic (exact) mass is 312 g/mol. The van der Waals surface area contributed by atoms with Gasteiger partial charge in [0.05, 0.1) is 12.2 Å². The summed E-state index contributed by atoms with van der Waals surface area (Å²) in [6.45, 7) is 10.6. The minimum Gasteiger partial charge on any atom is -0.389 e. The van der Waals surface area contributed by atoms with Gasteiger partial charge >= 0.3 is 0 Å². The molecule has 0 amide bonds. The van der Waals surface area contributed by atoms with Crippen LogP contribution in [0.1, 0.15) is 52.4 Å². The van der Waals surface area contributed by atoms with Crippen LogP contribution in [-0.2, 0) is 4.74 Å². The normalized spacial score (nSPS) is 34.9. The van der Waals surface area contributed by atoms with Crippen molar-refractivity contribution in [2.75, 3.05) is 46.4 Å². The van der Waals surface area contributed by atoms with Crippen LogP contribution < -0.4 is 0 Å². The number of methoxy groups -OCH3 is 1. The Kier molecular flexibility index (Phi) is 7.13. The summed E-state index contributed by atoms with van der Waals surface area (Å²) < 4.78 is 5.25. The molecule has 2 rings (SSSR count). The van der Waals surface area contributed by atoms with Crippen LogP contribution in [0.4, 0.5) is 0 Å². The third-order valence-electron chi connectivity index (χ3n) is 5.62. The van der Waals surface area contributed by atoms with E-state index < -0.39 is 5.60 Å². The van der Waals surface area contributed by atoms with E-state index >= 15 is 0 Å². The van der Waals surface area contributed by atoms with Gasteiger partial charge in [-0.05, 0) is 38.0 Å². The van der Waals surface area contributed by atoms with Crippen LogP contribution in [0.5, 0.6) is 0 Å². The summed E-state index contributed by atoms with van der Waals surface area (Å²) in [6, 6.07) is 0.625. The molecule has 2 aliphatic rings. The Bertz CT molecular complexity index is 316. The van der Waals surface area contributed by atoms with Crippen molar-refractivity contribution in [3.8, 4) is 0 Å². The van der Waals surface area contributed by atoms with Crippen LogP contribution in [0.2, 0.25) is 0 Å². The van der Waals surface area contributed by atoms with Crippen molar-refractivity contribution in [2.24, 2.45) is 5.92 Å². The first-order valence-corrected chi connectivity index (χ1v) is 9.24. The SMILES string of the molecule is CCCC1CN(CC2(O)CCC(C)CC2)CCN1CCOC. The highest BCUT2D eigenvalue weighted by molar-refractivity contribution is 4.90. The Morgan fingerprint density at radius 1 is 1.23 bits per heavy atom. The van der Waals surface area contributed by atoms with E-state index in [1.54, 1.807) is 7.11 Å². The minimum absolute atomic E-state index is 0.433. The highest BCUT2D eigenvalue weighted by Gasteiger charge is 2.36. The van der Waals surface area contributed by atoms with E-state index in [4.69, 9.17) is 4.74 Å². The van der Waals surface area contributed by atoms with Crippen molar-refractivity contribution in [1.82, 2.24) is 9.80 Å². The molecule has 22 heavy (non-hydrogen) atoms. The minimum atomic E-state index is -0.433. The number of nitrogens with zero attached hydrogens (tertiary/aromatic N) is 2. The van der Waals surface area contributed by atoms with E-state index in [0.29, 0.717) is 6.04 Å². The summed E-state index contributed by atoms with van der Waals surface area (Å²) >= 11 is 0. The molecule has 0 radical (unpaired) electrons. The first-order chi connectivity index (χ1) is 10.6. The van der Waals surface area contributed by atoms with Crippen molar-refractivity contribution in [3.63, 3.8) is 0 Å². The topological polar surface area (TPSA) is 35.9 Å². The average molecular weight is 312 g/mol. The van der Waals surface area contributed by atoms with Gasteiger partial charge < -0.3 is 9.84 Å². The molecule has 2 fully saturated rings. The summed E-state index contributed by atoms with van der Waals surface area (Å²) in [7, 11) is 1.78. The molecule has 1 atom stereocenters. The van der Waals surface area contributed by atoms with Crippen molar-refractivity contribution < 1.29 is 9.84 Å². The summed E-state index contributed by atoms with van der Waals surface area (Å²) in [6.07, 6.45) is 6.80. The summed E-state index contributed by atoms with van der Waals surface area (Å²) in [5, 5.41) is 10.9. The molecule has 1 unspecified atom stereocenters. The molecule has 4 heteroatoms. The quantitative estimate of drug-likeness (QED) is 0.783. The van der Waals surface area contributed by atoms with Crippen molar-refractivity contribution in [3.05, 3.63) is 0 Å². The number of aliphatic hydroxyl groups is 1. The number of piperazine rings is 1. The summed E-state index contributed by atoms with van der Waals surface area (Å²) in [4.78, 5) is 5.09. The molecule has 1 N–H and O–H groups in total. The fraction of sp³-hybridized carbons (Fsp3) is 1.00. The largest absolute Gasteiger partial charge is 0.389 e. The Morgan fingerprint density at radius 2 is 1.95 bits per heavy atom. The zero-order chi connectivity index (χ0) is 16.0. The van der Waals surface area contributed by atoms with Crippen LogP contribution in [0.25, 0.3) is 0 Å². The molecule has 130 valence electrons. The molecular formula is C18H36N2O2. The number of ether oxygens (including phenoxy) is 1. The van der Waals surface area contributed by atoms with Crippen molar-refractivity contribution in [1.29, 1.82) is 0 Å². The molecule has 1 saturated heterocycles. The van der Waals surface area contributed by atoms with E-state index in [-0.39, 0.29) is 0 Å². The molecule has 1 aliphatic carbocycles. The lowest BCUT2D eigenvalue weighted by atomic mass is 9.79. The predicted molar refractivity (Wildman–Crippen MR) is 91.2 cm³/mol. The smallest absolute Gasteiger partial charge is 0.0774 e. The van der Waals surface area contributed by atoms with Crippen LogP contribution >= 0.6 is 0 Å². The molecule has 1 heterocycles. The molecule has 0 aromatic heterocycles. The lowest BCUT2D eigenvalue weighted by Gasteiger charge is -2.45. The first-order valence-electron chi connectivity index (χ1n) is 9.24. The van der Waals surface area contributed by atoms with Gasteiger partial charge in [-0.3, -0.25) is 9.80 Å². The molecule has 0 aromatic carbocycles. The van der Waals surface area contributed by atoms with E-state index in [9.17, 15) is 5.11 Å². The molecule has 1 saturated carbocycles. The molecule has 4 nitrogen and oxygen atoms in total. The summed E-state index contributed by atoms with van der Waals surface area (Å²) in [5.41, 5.74) is -0.433. The fourth-order valence-electron chi connectivity index (χ4n) is 4.08. The van der Waals surface area contributed by atoms with E-state index in [0.717, 1.165) is 58.1 Å². The van der Waals surface area contributed by atoms with Gasteiger partial charge in [0.15, 0.2) is 0 Å². The number of hydrogen-bond donors (Lipinski definition) is 1. The molecule has 0 bridgehead atoms. The summed E-state index contributed by atoms with van der Waals surface area (Å²) in [5.74, 6) is 0.791. The maximum atomic E-state index is 10.9. The zero-order valence-electron chi connectivity index (χ0n) is 14.9. The third-order valence-corrected chi connectivity index (χ3v) is 5.62. The molecule has 0 spiro atoms. The lowest BCUT2D eigenvalue weighted by molar-refractivity contribution is -0.0529. The second-order valence-electron chi connectivity index (χ2n) is 7.61. The Morgan fingerprint density at radius 3 is 2.59 bits per heavy atom. The maximum Gasteiger partial charge on any atom is 0.0774 e. The fourth-order valence-corrected chi connectivity index (χ4v) is 4.08. The van der Waals surface area contributed by atoms with E-state index in [1.807, 2.05) is 0 Å². The van der Waals surface area contributed by atoms with Crippen LogP contribution in [-0.4, -0.2) is 73.0 Å². The van der Waals surface area contributed by atoms with Crippen molar-refractivity contribution >= 4 is 0 Å². The van der Waals surface area contributed by atoms with E-state index in [1.165, 1.54) is 25.7 Å². The first kappa shape index (κ1) is 18.2. The standard InChI is InChI=1S/C18H36N2O2/c1-4-5-17-14-19(10-11-20(17)12-13-22-3)15-18(21)8-6-16(2)7-9-18/h16-17,21H,4-15H2,1-3H3. The van der Waals surface area contributed by atoms with Crippen LogP contribution in [0, 0.1) is 5.92 Å². The Labute approximate surface area is 136 Å². The average Bonchev–Trinajstić information content (AvgIpc) is 2.50. The van der Waals surface area contributed by atoms with Crippen LogP contribution in [0.3, 0.4) is 0 Å². The van der Waals surface area contributed by atoms with Gasteiger partial charge in [0, 0.05) is 45.9 Å². The third kappa shape index (κ3) is 5.19. The Hall–Kier alpha value is -0.160. The van der Waals surface area contributed by atoms with Gasteiger partial charge in [-0.2, -0.15) is 0 Å². The predicted octanol–water partition coefficient (Wildman–Crippen LogP) is 2.36. The second-order valence-corrected chi connectivity index (χ2v) is 7.61. The van der Waals surface area contributed by atoms with Crippen molar-refractivity contribution in [2.45, 2.75) is 64.0 Å². The number of hydrogen-bond acceptors (Lipinski definition) is 4. The molecule has 1 aliphatic heterocycles. The second kappa shape index (κ2) is 8.62. The van der Waals surface area contributed by atoms with Gasteiger partial charge in [0.2, 0.25) is 0 Å². The van der Waals surface area contributed by atoms with Gasteiger partial charge in [0.1, 0.15) is 0 Å². The van der Waals surface area contributed by atoms with Gasteiger partial charge in [-0.15, -0.1) is 0 Å². The highest BCUT2D eigenvalue weighted by Crippen LogP contribution is 2.33. The van der Waals surface area contributed by atoms with Gasteiger partial charge in [0.25, 0.3) is 0 Å². The lowest BCUT2D eigenvalue weighted by Crippen LogP contribution is -2.57. The van der Waals surface area contributed by atoms with Crippen LogP contribution in [0.15, 0.2) is 0 Å².